The maximum atomic E-state index is 12.3. The summed E-state index contributed by atoms with van der Waals surface area (Å²) in [6.45, 7) is 6.28. The average Bonchev–Trinajstić information content (AvgIpc) is 2.84. The molecule has 0 aromatic heterocycles. The third kappa shape index (κ3) is 2.68. The Morgan fingerprint density at radius 2 is 2.05 bits per heavy atom. The summed E-state index contributed by atoms with van der Waals surface area (Å²) in [5.74, 6) is -0.977. The van der Waals surface area contributed by atoms with E-state index in [1.807, 2.05) is 0 Å². The second-order valence-corrected chi connectivity index (χ2v) is 6.27. The number of hydrogen-bond donors (Lipinski definition) is 1. The molecule has 2 atom stereocenters. The van der Waals surface area contributed by atoms with Crippen LogP contribution < -0.4 is 0 Å². The fourth-order valence-corrected chi connectivity index (χ4v) is 2.84. The van der Waals surface area contributed by atoms with Gasteiger partial charge in [-0.05, 0) is 40.0 Å². The van der Waals surface area contributed by atoms with Gasteiger partial charge >= 0.3 is 12.1 Å². The summed E-state index contributed by atoms with van der Waals surface area (Å²) in [4.78, 5) is 25.1. The number of hydrogen-bond acceptors (Lipinski definition) is 4. The van der Waals surface area contributed by atoms with Crippen molar-refractivity contribution in [2.45, 2.75) is 57.2 Å². The highest BCUT2D eigenvalue weighted by Crippen LogP contribution is 2.41. The number of nitrogens with zero attached hydrogens (tertiary/aromatic N) is 1. The summed E-state index contributed by atoms with van der Waals surface area (Å²) >= 11 is 0. The second-order valence-electron chi connectivity index (χ2n) is 6.27. The van der Waals surface area contributed by atoms with E-state index in [2.05, 4.69) is 0 Å². The first-order valence-corrected chi connectivity index (χ1v) is 6.58. The van der Waals surface area contributed by atoms with E-state index in [0.29, 0.717) is 32.5 Å². The van der Waals surface area contributed by atoms with Gasteiger partial charge in [0.05, 0.1) is 12.1 Å². The molecule has 2 fully saturated rings. The van der Waals surface area contributed by atoms with Crippen molar-refractivity contribution >= 4 is 12.1 Å². The van der Waals surface area contributed by atoms with Crippen LogP contribution in [0.1, 0.15) is 40.0 Å². The second kappa shape index (κ2) is 4.67. The van der Waals surface area contributed by atoms with Crippen LogP contribution >= 0.6 is 0 Å². The molecular weight excluding hydrogens is 250 g/mol. The van der Waals surface area contributed by atoms with Gasteiger partial charge in [0.1, 0.15) is 11.6 Å². The Kier molecular flexibility index (Phi) is 3.47. The van der Waals surface area contributed by atoms with Crippen molar-refractivity contribution in [3.63, 3.8) is 0 Å². The zero-order valence-electron chi connectivity index (χ0n) is 11.6. The highest BCUT2D eigenvalue weighted by atomic mass is 16.6. The van der Waals surface area contributed by atoms with Crippen molar-refractivity contribution in [2.24, 2.45) is 0 Å². The molecule has 2 aliphatic rings. The van der Waals surface area contributed by atoms with Crippen LogP contribution in [-0.4, -0.2) is 52.5 Å². The Hall–Kier alpha value is -1.30. The Morgan fingerprint density at radius 1 is 1.37 bits per heavy atom. The van der Waals surface area contributed by atoms with E-state index < -0.39 is 29.2 Å². The third-order valence-corrected chi connectivity index (χ3v) is 3.66. The van der Waals surface area contributed by atoms with Crippen LogP contribution in [0.15, 0.2) is 0 Å². The summed E-state index contributed by atoms with van der Waals surface area (Å²) < 4.78 is 10.7. The van der Waals surface area contributed by atoms with Crippen LogP contribution in [0, 0.1) is 0 Å². The molecule has 0 aromatic rings. The maximum absolute atomic E-state index is 12.3. The largest absolute Gasteiger partial charge is 0.480 e. The minimum atomic E-state index is -0.977. The minimum absolute atomic E-state index is 0.399. The SMILES string of the molecule is CC(C)(C)OC(=O)N1C(C(=O)O)CCC12CCOC2. The summed E-state index contributed by atoms with van der Waals surface area (Å²) in [5, 5.41) is 9.28. The lowest BCUT2D eigenvalue weighted by atomic mass is 9.96. The van der Waals surface area contributed by atoms with E-state index in [4.69, 9.17) is 9.47 Å². The monoisotopic (exact) mass is 271 g/mol. The van der Waals surface area contributed by atoms with E-state index in [9.17, 15) is 14.7 Å². The molecule has 0 radical (unpaired) electrons. The van der Waals surface area contributed by atoms with Gasteiger partial charge in [-0.3, -0.25) is 4.90 Å². The number of ether oxygens (including phenoxy) is 2. The number of likely N-dealkylation sites (tertiary alicyclic amines) is 1. The molecule has 19 heavy (non-hydrogen) atoms. The van der Waals surface area contributed by atoms with Gasteiger partial charge in [-0.15, -0.1) is 0 Å². The molecule has 108 valence electrons. The van der Waals surface area contributed by atoms with Gasteiger partial charge in [0, 0.05) is 6.61 Å². The van der Waals surface area contributed by atoms with Crippen molar-refractivity contribution in [3.8, 4) is 0 Å². The molecule has 1 amide bonds. The third-order valence-electron chi connectivity index (χ3n) is 3.66. The predicted octanol–water partition coefficient (Wildman–Crippen LogP) is 1.63. The fourth-order valence-electron chi connectivity index (χ4n) is 2.84. The fraction of sp³-hybridized carbons (Fsp3) is 0.846. The number of amides is 1. The van der Waals surface area contributed by atoms with Crippen molar-refractivity contribution in [2.75, 3.05) is 13.2 Å². The normalized spacial score (nSPS) is 30.9. The zero-order valence-corrected chi connectivity index (χ0v) is 11.6. The molecule has 2 saturated heterocycles. The van der Waals surface area contributed by atoms with E-state index in [1.165, 1.54) is 4.90 Å². The zero-order chi connectivity index (χ0) is 14.3. The van der Waals surface area contributed by atoms with Crippen LogP contribution in [0.2, 0.25) is 0 Å². The number of carboxylic acids is 1. The molecule has 0 saturated carbocycles. The quantitative estimate of drug-likeness (QED) is 0.784. The Labute approximate surface area is 112 Å². The highest BCUT2D eigenvalue weighted by Gasteiger charge is 2.54. The molecule has 0 bridgehead atoms. The molecule has 0 aromatic carbocycles. The maximum Gasteiger partial charge on any atom is 0.411 e. The van der Waals surface area contributed by atoms with Crippen molar-refractivity contribution < 1.29 is 24.2 Å². The predicted molar refractivity (Wildman–Crippen MR) is 66.9 cm³/mol. The average molecular weight is 271 g/mol. The minimum Gasteiger partial charge on any atom is -0.480 e. The smallest absolute Gasteiger partial charge is 0.411 e. The van der Waals surface area contributed by atoms with E-state index >= 15 is 0 Å². The molecule has 6 heteroatoms. The van der Waals surface area contributed by atoms with E-state index in [-0.39, 0.29) is 0 Å². The van der Waals surface area contributed by atoms with Gasteiger partial charge in [-0.1, -0.05) is 0 Å². The molecule has 6 nitrogen and oxygen atoms in total. The van der Waals surface area contributed by atoms with Gasteiger partial charge in [-0.25, -0.2) is 9.59 Å². The van der Waals surface area contributed by atoms with Gasteiger partial charge < -0.3 is 14.6 Å². The summed E-state index contributed by atoms with van der Waals surface area (Å²) in [5.41, 5.74) is -1.13. The van der Waals surface area contributed by atoms with Crippen molar-refractivity contribution in [1.29, 1.82) is 0 Å². The molecule has 2 unspecified atom stereocenters. The molecule has 2 heterocycles. The van der Waals surface area contributed by atoms with Crippen LogP contribution in [0.25, 0.3) is 0 Å². The van der Waals surface area contributed by atoms with E-state index in [1.54, 1.807) is 20.8 Å². The molecule has 1 N–H and O–H groups in total. The van der Waals surface area contributed by atoms with Crippen LogP contribution in [-0.2, 0) is 14.3 Å². The number of carbonyl (C=O) groups excluding carboxylic acids is 1. The molecule has 0 aliphatic carbocycles. The van der Waals surface area contributed by atoms with Gasteiger partial charge in [-0.2, -0.15) is 0 Å². The van der Waals surface area contributed by atoms with Crippen LogP contribution in [0.3, 0.4) is 0 Å². The number of carboxylic acid groups (broad SMARTS) is 1. The lowest BCUT2D eigenvalue weighted by molar-refractivity contribution is -0.143. The topological polar surface area (TPSA) is 76.1 Å². The summed E-state index contributed by atoms with van der Waals surface area (Å²) in [6.07, 6.45) is 1.24. The van der Waals surface area contributed by atoms with Crippen LogP contribution in [0.5, 0.6) is 0 Å². The highest BCUT2D eigenvalue weighted by molar-refractivity contribution is 5.81. The first kappa shape index (κ1) is 14.1. The van der Waals surface area contributed by atoms with Gasteiger partial charge in [0.15, 0.2) is 0 Å². The standard InChI is InChI=1S/C13H21NO5/c1-12(2,3)19-11(17)14-9(10(15)16)4-5-13(14)6-7-18-8-13/h9H,4-8H2,1-3H3,(H,15,16). The summed E-state index contributed by atoms with van der Waals surface area (Å²) in [6, 6.07) is -0.809. The Bertz CT molecular complexity index is 381. The van der Waals surface area contributed by atoms with Crippen molar-refractivity contribution in [1.82, 2.24) is 4.90 Å². The summed E-state index contributed by atoms with van der Waals surface area (Å²) in [7, 11) is 0. The Morgan fingerprint density at radius 3 is 2.53 bits per heavy atom. The first-order chi connectivity index (χ1) is 8.75. The lowest BCUT2D eigenvalue weighted by Gasteiger charge is -2.36. The van der Waals surface area contributed by atoms with E-state index in [0.717, 1.165) is 0 Å². The number of rotatable bonds is 1. The lowest BCUT2D eigenvalue weighted by Crippen LogP contribution is -2.54. The van der Waals surface area contributed by atoms with Gasteiger partial charge in [0.2, 0.25) is 0 Å². The Balaban J connectivity index is 2.24. The van der Waals surface area contributed by atoms with Crippen molar-refractivity contribution in [3.05, 3.63) is 0 Å². The van der Waals surface area contributed by atoms with Gasteiger partial charge in [0.25, 0.3) is 0 Å². The number of carbonyl (C=O) groups is 2. The van der Waals surface area contributed by atoms with Crippen LogP contribution in [0.4, 0.5) is 4.79 Å². The first-order valence-electron chi connectivity index (χ1n) is 6.58. The molecule has 2 aliphatic heterocycles. The molecule has 2 rings (SSSR count). The number of aliphatic carboxylic acids is 1. The molecule has 1 spiro atoms. The molecular formula is C13H21NO5.